The maximum atomic E-state index is 12.6. The number of anilines is 2. The third kappa shape index (κ3) is 12.2. The Kier molecular flexibility index (Phi) is 14.3. The topological polar surface area (TPSA) is 67.9 Å². The molecule has 36 heavy (non-hydrogen) atoms. The second-order valence-electron chi connectivity index (χ2n) is 9.47. The summed E-state index contributed by atoms with van der Waals surface area (Å²) in [7, 11) is 3.89. The molecular weight excluding hydrogens is 452 g/mol. The Labute approximate surface area is 217 Å². The van der Waals surface area contributed by atoms with Crippen LogP contribution in [-0.4, -0.2) is 32.6 Å². The van der Waals surface area contributed by atoms with Gasteiger partial charge in [-0.25, -0.2) is 0 Å². The van der Waals surface area contributed by atoms with Crippen LogP contribution in [0, 0.1) is 0 Å². The van der Waals surface area contributed by atoms with Crippen molar-refractivity contribution in [2.24, 2.45) is 0 Å². The number of hydrogen-bond acceptors (Lipinski definition) is 5. The predicted molar refractivity (Wildman–Crippen MR) is 147 cm³/mol. The van der Waals surface area contributed by atoms with Crippen LogP contribution in [0.2, 0.25) is 0 Å². The van der Waals surface area contributed by atoms with E-state index in [0.717, 1.165) is 55.6 Å². The number of carbonyl (C=O) groups excluding carboxylic acids is 2. The summed E-state index contributed by atoms with van der Waals surface area (Å²) < 4.78 is 11.0. The number of rotatable bonds is 18. The van der Waals surface area contributed by atoms with Gasteiger partial charge in [0.25, 0.3) is 0 Å². The number of nitrogens with zero attached hydrogens (tertiary/aromatic N) is 1. The van der Waals surface area contributed by atoms with Crippen LogP contribution in [0.4, 0.5) is 11.4 Å². The lowest BCUT2D eigenvalue weighted by Gasteiger charge is -2.19. The van der Waals surface area contributed by atoms with Crippen molar-refractivity contribution in [3.05, 3.63) is 59.7 Å². The largest absolute Gasteiger partial charge is 0.461 e. The van der Waals surface area contributed by atoms with E-state index in [9.17, 15) is 9.59 Å². The summed E-state index contributed by atoms with van der Waals surface area (Å²) in [5.41, 5.74) is 3.77. The van der Waals surface area contributed by atoms with Crippen molar-refractivity contribution in [3.8, 4) is 0 Å². The molecule has 0 aliphatic carbocycles. The summed E-state index contributed by atoms with van der Waals surface area (Å²) in [4.78, 5) is 26.2. The molecule has 0 bridgehead atoms. The molecule has 0 aliphatic rings. The second kappa shape index (κ2) is 17.6. The minimum atomic E-state index is -0.198. The summed E-state index contributed by atoms with van der Waals surface area (Å²) in [5, 5.41) is 3.05. The average molecular weight is 497 g/mol. The molecule has 0 saturated carbocycles. The Morgan fingerprint density at radius 1 is 0.806 bits per heavy atom. The lowest BCUT2D eigenvalue weighted by molar-refractivity contribution is -0.145. The minimum Gasteiger partial charge on any atom is -0.461 e. The van der Waals surface area contributed by atoms with Crippen LogP contribution in [-0.2, 0) is 32.3 Å². The van der Waals surface area contributed by atoms with Gasteiger partial charge in [0, 0.05) is 33.5 Å². The van der Waals surface area contributed by atoms with Crippen LogP contribution < -0.4 is 10.2 Å². The van der Waals surface area contributed by atoms with Crippen LogP contribution in [0.1, 0.15) is 82.3 Å². The molecule has 0 unspecified atom stereocenters. The Hall–Kier alpha value is -2.86. The van der Waals surface area contributed by atoms with E-state index in [4.69, 9.17) is 9.47 Å². The molecule has 0 atom stereocenters. The lowest BCUT2D eigenvalue weighted by atomic mass is 10.1. The zero-order chi connectivity index (χ0) is 26.0. The molecule has 0 saturated heterocycles. The molecule has 2 rings (SSSR count). The molecule has 0 fully saturated rings. The first-order valence-corrected chi connectivity index (χ1v) is 13.4. The standard InChI is InChI=1S/C30H44N2O4/c1-4-15-30(34)36-24-26-19-20-28(32(2)3)27(22-26)31-29(33)18-13-8-6-5-7-9-14-21-35-23-25-16-11-10-12-17-25/h10-12,16-17,19-20,22H,4-9,13-15,18,21,23-24H2,1-3H3,(H,31,33). The van der Waals surface area contributed by atoms with Gasteiger partial charge >= 0.3 is 5.97 Å². The van der Waals surface area contributed by atoms with Gasteiger partial charge in [-0.3, -0.25) is 9.59 Å². The molecule has 1 amide bonds. The van der Waals surface area contributed by atoms with Crippen LogP contribution in [0.3, 0.4) is 0 Å². The number of unbranched alkanes of at least 4 members (excludes halogenated alkanes) is 6. The Morgan fingerprint density at radius 2 is 1.50 bits per heavy atom. The highest BCUT2D eigenvalue weighted by molar-refractivity contribution is 5.94. The number of benzene rings is 2. The van der Waals surface area contributed by atoms with E-state index >= 15 is 0 Å². The maximum absolute atomic E-state index is 12.6. The summed E-state index contributed by atoms with van der Waals surface area (Å²) in [6.45, 7) is 3.67. The van der Waals surface area contributed by atoms with Gasteiger partial charge in [0.2, 0.25) is 5.91 Å². The molecule has 0 radical (unpaired) electrons. The van der Waals surface area contributed by atoms with Crippen LogP contribution in [0.25, 0.3) is 0 Å². The van der Waals surface area contributed by atoms with Gasteiger partial charge in [0.1, 0.15) is 6.61 Å². The fourth-order valence-electron chi connectivity index (χ4n) is 3.95. The van der Waals surface area contributed by atoms with E-state index < -0.39 is 0 Å². The lowest BCUT2D eigenvalue weighted by Crippen LogP contribution is -2.17. The van der Waals surface area contributed by atoms with Crippen LogP contribution in [0.5, 0.6) is 0 Å². The number of carbonyl (C=O) groups is 2. The summed E-state index contributed by atoms with van der Waals surface area (Å²) in [6, 6.07) is 16.1. The van der Waals surface area contributed by atoms with Crippen molar-refractivity contribution < 1.29 is 19.1 Å². The first kappa shape index (κ1) is 29.4. The van der Waals surface area contributed by atoms with Crippen LogP contribution in [0.15, 0.2) is 48.5 Å². The molecule has 6 nitrogen and oxygen atoms in total. The van der Waals surface area contributed by atoms with Crippen molar-refractivity contribution >= 4 is 23.3 Å². The SMILES string of the molecule is CCCC(=O)OCc1ccc(N(C)C)c(NC(=O)CCCCCCCCCOCc2ccccc2)c1. The van der Waals surface area contributed by atoms with Crippen molar-refractivity contribution in [3.63, 3.8) is 0 Å². The van der Waals surface area contributed by atoms with E-state index in [1.807, 2.05) is 62.3 Å². The van der Waals surface area contributed by atoms with E-state index in [-0.39, 0.29) is 18.5 Å². The van der Waals surface area contributed by atoms with Gasteiger partial charge in [-0.05, 0) is 42.5 Å². The monoisotopic (exact) mass is 496 g/mol. The molecule has 1 N–H and O–H groups in total. The predicted octanol–water partition coefficient (Wildman–Crippen LogP) is 6.87. The molecule has 2 aromatic carbocycles. The number of esters is 1. The normalized spacial score (nSPS) is 10.8. The fraction of sp³-hybridized carbons (Fsp3) is 0.533. The van der Waals surface area contributed by atoms with Gasteiger partial charge in [-0.2, -0.15) is 0 Å². The van der Waals surface area contributed by atoms with Crippen molar-refractivity contribution in [2.75, 3.05) is 30.9 Å². The van der Waals surface area contributed by atoms with E-state index in [0.29, 0.717) is 19.4 Å². The first-order valence-electron chi connectivity index (χ1n) is 13.4. The fourth-order valence-corrected chi connectivity index (χ4v) is 3.95. The number of amides is 1. The van der Waals surface area contributed by atoms with Gasteiger partial charge in [-0.15, -0.1) is 0 Å². The third-order valence-corrected chi connectivity index (χ3v) is 5.97. The molecule has 198 valence electrons. The first-order chi connectivity index (χ1) is 17.5. The van der Waals surface area contributed by atoms with Crippen molar-refractivity contribution in [1.82, 2.24) is 0 Å². The Bertz CT molecular complexity index is 899. The van der Waals surface area contributed by atoms with Gasteiger partial charge in [-0.1, -0.05) is 75.4 Å². The average Bonchev–Trinajstić information content (AvgIpc) is 2.86. The maximum Gasteiger partial charge on any atom is 0.306 e. The number of ether oxygens (including phenoxy) is 2. The molecule has 0 heterocycles. The zero-order valence-corrected chi connectivity index (χ0v) is 22.4. The molecule has 2 aromatic rings. The molecule has 0 aliphatic heterocycles. The van der Waals surface area contributed by atoms with Gasteiger partial charge < -0.3 is 19.7 Å². The third-order valence-electron chi connectivity index (χ3n) is 5.97. The Balaban J connectivity index is 1.58. The van der Waals surface area contributed by atoms with E-state index in [1.54, 1.807) is 0 Å². The van der Waals surface area contributed by atoms with Crippen molar-refractivity contribution in [1.29, 1.82) is 0 Å². The molecule has 6 heteroatoms. The quantitative estimate of drug-likeness (QED) is 0.180. The van der Waals surface area contributed by atoms with Gasteiger partial charge in [0.15, 0.2) is 0 Å². The summed E-state index contributed by atoms with van der Waals surface area (Å²) in [5.74, 6) is -0.176. The molecule has 0 spiro atoms. The molecule has 0 aromatic heterocycles. The van der Waals surface area contributed by atoms with Gasteiger partial charge in [0.05, 0.1) is 18.0 Å². The van der Waals surface area contributed by atoms with Crippen LogP contribution >= 0.6 is 0 Å². The Morgan fingerprint density at radius 3 is 2.19 bits per heavy atom. The second-order valence-corrected chi connectivity index (χ2v) is 9.47. The highest BCUT2D eigenvalue weighted by Crippen LogP contribution is 2.26. The highest BCUT2D eigenvalue weighted by Gasteiger charge is 2.11. The minimum absolute atomic E-state index is 0.0220. The summed E-state index contributed by atoms with van der Waals surface area (Å²) >= 11 is 0. The van der Waals surface area contributed by atoms with E-state index in [2.05, 4.69) is 17.4 Å². The number of nitrogens with one attached hydrogen (secondary N) is 1. The smallest absolute Gasteiger partial charge is 0.306 e. The summed E-state index contributed by atoms with van der Waals surface area (Å²) in [6.07, 6.45) is 9.49. The zero-order valence-electron chi connectivity index (χ0n) is 22.4. The molecular formula is C30H44N2O4. The highest BCUT2D eigenvalue weighted by atomic mass is 16.5. The number of hydrogen-bond donors (Lipinski definition) is 1. The van der Waals surface area contributed by atoms with Crippen molar-refractivity contribution in [2.45, 2.75) is 84.3 Å². The van der Waals surface area contributed by atoms with E-state index in [1.165, 1.54) is 24.8 Å².